The third kappa shape index (κ3) is 4.08. The topological polar surface area (TPSA) is 83.5 Å². The first kappa shape index (κ1) is 15.1. The van der Waals surface area contributed by atoms with Gasteiger partial charge < -0.3 is 10.4 Å². The number of carboxylic acid groups (broad SMARTS) is 1. The first-order chi connectivity index (χ1) is 8.31. The zero-order valence-electron chi connectivity index (χ0n) is 11.0. The van der Waals surface area contributed by atoms with E-state index in [1.807, 2.05) is 6.92 Å². The summed E-state index contributed by atoms with van der Waals surface area (Å²) in [5, 5.41) is 11.9. The molecule has 0 radical (unpaired) electrons. The molecule has 1 saturated carbocycles. The van der Waals surface area contributed by atoms with Crippen molar-refractivity contribution in [2.75, 3.05) is 12.0 Å². The first-order valence-electron chi connectivity index (χ1n) is 6.14. The average Bonchev–Trinajstić information content (AvgIpc) is 2.58. The molecular formula is C12H21NO4S. The number of rotatable bonds is 5. The van der Waals surface area contributed by atoms with Crippen molar-refractivity contribution in [3.8, 4) is 0 Å². The van der Waals surface area contributed by atoms with Gasteiger partial charge in [-0.15, -0.1) is 0 Å². The average molecular weight is 275 g/mol. The molecule has 5 unspecified atom stereocenters. The summed E-state index contributed by atoms with van der Waals surface area (Å²) < 4.78 is 11.0. The largest absolute Gasteiger partial charge is 0.481 e. The lowest BCUT2D eigenvalue weighted by molar-refractivity contribution is -0.146. The van der Waals surface area contributed by atoms with Crippen LogP contribution in [0.2, 0.25) is 0 Å². The Labute approximate surface area is 110 Å². The van der Waals surface area contributed by atoms with Crippen molar-refractivity contribution < 1.29 is 18.9 Å². The maximum absolute atomic E-state index is 12.0. The van der Waals surface area contributed by atoms with Gasteiger partial charge in [-0.2, -0.15) is 0 Å². The monoisotopic (exact) mass is 275 g/mol. The van der Waals surface area contributed by atoms with Gasteiger partial charge in [0.2, 0.25) is 5.91 Å². The second kappa shape index (κ2) is 6.31. The van der Waals surface area contributed by atoms with Crippen molar-refractivity contribution in [1.82, 2.24) is 5.32 Å². The number of carbonyl (C=O) groups excluding carboxylic acids is 1. The number of carboxylic acids is 1. The lowest BCUT2D eigenvalue weighted by atomic mass is 9.95. The molecule has 0 aromatic carbocycles. The van der Waals surface area contributed by atoms with E-state index >= 15 is 0 Å². The highest BCUT2D eigenvalue weighted by atomic mass is 32.2. The zero-order chi connectivity index (χ0) is 13.9. The van der Waals surface area contributed by atoms with Gasteiger partial charge in [-0.25, -0.2) is 0 Å². The molecule has 0 heterocycles. The fourth-order valence-electron chi connectivity index (χ4n) is 2.60. The molecule has 0 aliphatic heterocycles. The molecular weight excluding hydrogens is 254 g/mol. The predicted molar refractivity (Wildman–Crippen MR) is 69.6 cm³/mol. The van der Waals surface area contributed by atoms with E-state index in [0.717, 1.165) is 0 Å². The lowest BCUT2D eigenvalue weighted by Crippen LogP contribution is -2.42. The molecule has 0 spiro atoms. The molecule has 6 heteroatoms. The summed E-state index contributed by atoms with van der Waals surface area (Å²) in [4.78, 5) is 23.1. The van der Waals surface area contributed by atoms with Crippen LogP contribution in [0.1, 0.15) is 26.7 Å². The summed E-state index contributed by atoms with van der Waals surface area (Å²) in [6, 6.07) is -0.186. The number of amides is 1. The molecule has 0 bridgehead atoms. The molecule has 1 aliphatic rings. The Bertz CT molecular complexity index is 358. The molecule has 0 aromatic heterocycles. The van der Waals surface area contributed by atoms with Crippen molar-refractivity contribution >= 4 is 22.7 Å². The van der Waals surface area contributed by atoms with Gasteiger partial charge in [-0.05, 0) is 25.7 Å². The standard InChI is InChI=1S/C12H21NO4S/c1-7-4-9(10(5-7)12(15)16)11(14)13-8(2)6-18(3)17/h7-10H,4-6H2,1-3H3,(H,13,14)(H,15,16). The van der Waals surface area contributed by atoms with E-state index in [9.17, 15) is 13.8 Å². The fraction of sp³-hybridized carbons (Fsp3) is 0.833. The molecule has 1 fully saturated rings. The van der Waals surface area contributed by atoms with E-state index in [0.29, 0.717) is 18.6 Å². The normalized spacial score (nSPS) is 30.7. The Morgan fingerprint density at radius 3 is 2.44 bits per heavy atom. The van der Waals surface area contributed by atoms with Crippen molar-refractivity contribution in [2.24, 2.45) is 17.8 Å². The van der Waals surface area contributed by atoms with Crippen molar-refractivity contribution in [2.45, 2.75) is 32.7 Å². The summed E-state index contributed by atoms with van der Waals surface area (Å²) in [7, 11) is -0.969. The summed E-state index contributed by atoms with van der Waals surface area (Å²) in [5.41, 5.74) is 0. The summed E-state index contributed by atoms with van der Waals surface area (Å²) >= 11 is 0. The molecule has 18 heavy (non-hydrogen) atoms. The van der Waals surface area contributed by atoms with Gasteiger partial charge in [0.1, 0.15) is 0 Å². The number of hydrogen-bond acceptors (Lipinski definition) is 3. The third-order valence-corrected chi connectivity index (χ3v) is 4.30. The lowest BCUT2D eigenvalue weighted by Gasteiger charge is -2.19. The molecule has 1 aliphatic carbocycles. The fourth-order valence-corrected chi connectivity index (χ4v) is 3.39. The van der Waals surface area contributed by atoms with Gasteiger partial charge >= 0.3 is 5.97 Å². The van der Waals surface area contributed by atoms with Crippen LogP contribution in [0.5, 0.6) is 0 Å². The Morgan fingerprint density at radius 1 is 1.39 bits per heavy atom. The quantitative estimate of drug-likeness (QED) is 0.770. The van der Waals surface area contributed by atoms with Gasteiger partial charge in [-0.3, -0.25) is 13.8 Å². The van der Waals surface area contributed by atoms with Crippen LogP contribution in [0.15, 0.2) is 0 Å². The smallest absolute Gasteiger partial charge is 0.307 e. The molecule has 0 saturated heterocycles. The van der Waals surface area contributed by atoms with Crippen molar-refractivity contribution in [1.29, 1.82) is 0 Å². The van der Waals surface area contributed by atoms with Gasteiger partial charge in [0.15, 0.2) is 0 Å². The Hall–Kier alpha value is -0.910. The van der Waals surface area contributed by atoms with Crippen LogP contribution < -0.4 is 5.32 Å². The number of hydrogen-bond donors (Lipinski definition) is 2. The molecule has 5 nitrogen and oxygen atoms in total. The third-order valence-electron chi connectivity index (χ3n) is 3.33. The van der Waals surface area contributed by atoms with Gasteiger partial charge in [-0.1, -0.05) is 6.92 Å². The van der Waals surface area contributed by atoms with Crippen LogP contribution in [-0.2, 0) is 20.4 Å². The van der Waals surface area contributed by atoms with Gasteiger partial charge in [0, 0.05) is 28.9 Å². The molecule has 5 atom stereocenters. The van der Waals surface area contributed by atoms with Crippen LogP contribution in [0.4, 0.5) is 0 Å². The van der Waals surface area contributed by atoms with Crippen LogP contribution in [0.3, 0.4) is 0 Å². The van der Waals surface area contributed by atoms with Gasteiger partial charge in [0.25, 0.3) is 0 Å². The van der Waals surface area contributed by atoms with E-state index in [4.69, 9.17) is 5.11 Å². The minimum atomic E-state index is -0.969. The SMILES string of the molecule is CC1CC(C(=O)O)C(C(=O)NC(C)CS(C)=O)C1. The molecule has 1 amide bonds. The second-order valence-electron chi connectivity index (χ2n) is 5.28. The van der Waals surface area contributed by atoms with Crippen LogP contribution in [0, 0.1) is 17.8 Å². The molecule has 104 valence electrons. The van der Waals surface area contributed by atoms with E-state index in [-0.39, 0.29) is 17.9 Å². The summed E-state index contributed by atoms with van der Waals surface area (Å²) in [6.45, 7) is 3.75. The summed E-state index contributed by atoms with van der Waals surface area (Å²) in [5.74, 6) is -1.50. The van der Waals surface area contributed by atoms with Gasteiger partial charge in [0.05, 0.1) is 11.8 Å². The predicted octanol–water partition coefficient (Wildman–Crippen LogP) is 0.616. The molecule has 1 rings (SSSR count). The zero-order valence-corrected chi connectivity index (χ0v) is 11.8. The highest BCUT2D eigenvalue weighted by molar-refractivity contribution is 7.84. The summed E-state index contributed by atoms with van der Waals surface area (Å²) in [6.07, 6.45) is 2.76. The number of carbonyl (C=O) groups is 2. The first-order valence-corrected chi connectivity index (χ1v) is 7.87. The Morgan fingerprint density at radius 2 is 1.94 bits per heavy atom. The second-order valence-corrected chi connectivity index (χ2v) is 6.76. The number of aliphatic carboxylic acids is 1. The highest BCUT2D eigenvalue weighted by Gasteiger charge is 2.41. The maximum Gasteiger partial charge on any atom is 0.307 e. The molecule has 2 N–H and O–H groups in total. The van der Waals surface area contributed by atoms with Crippen LogP contribution in [0.25, 0.3) is 0 Å². The van der Waals surface area contributed by atoms with Crippen molar-refractivity contribution in [3.63, 3.8) is 0 Å². The van der Waals surface area contributed by atoms with E-state index in [1.54, 1.807) is 13.2 Å². The minimum absolute atomic E-state index is 0.186. The van der Waals surface area contributed by atoms with Crippen molar-refractivity contribution in [3.05, 3.63) is 0 Å². The van der Waals surface area contributed by atoms with Crippen LogP contribution in [-0.4, -0.2) is 39.2 Å². The maximum atomic E-state index is 12.0. The van der Waals surface area contributed by atoms with Crippen LogP contribution >= 0.6 is 0 Å². The van der Waals surface area contributed by atoms with E-state index in [1.165, 1.54) is 0 Å². The Balaban J connectivity index is 2.60. The Kier molecular flexibility index (Phi) is 5.31. The van der Waals surface area contributed by atoms with E-state index < -0.39 is 28.6 Å². The van der Waals surface area contributed by atoms with E-state index in [2.05, 4.69) is 5.32 Å². The highest BCUT2D eigenvalue weighted by Crippen LogP contribution is 2.36. The minimum Gasteiger partial charge on any atom is -0.481 e. The number of nitrogens with one attached hydrogen (secondary N) is 1. The molecule has 0 aromatic rings.